The van der Waals surface area contributed by atoms with E-state index < -0.39 is 10.0 Å². The monoisotopic (exact) mass is 410 g/mol. The third kappa shape index (κ3) is 3.97. The van der Waals surface area contributed by atoms with Crippen molar-refractivity contribution in [1.29, 1.82) is 0 Å². The van der Waals surface area contributed by atoms with Crippen LogP contribution in [0.3, 0.4) is 0 Å². The molecule has 1 unspecified atom stereocenters. The topological polar surface area (TPSA) is 106 Å². The maximum absolute atomic E-state index is 12.2. The maximum atomic E-state index is 12.2. The average Bonchev–Trinajstić information content (AvgIpc) is 2.86. The number of sulfonamides is 1. The molecule has 0 radical (unpaired) electrons. The molecule has 0 spiro atoms. The van der Waals surface area contributed by atoms with Crippen LogP contribution in [0.2, 0.25) is 0 Å². The molecule has 1 aromatic heterocycles. The van der Waals surface area contributed by atoms with Crippen molar-refractivity contribution in [3.8, 4) is 11.3 Å². The molecule has 0 bridgehead atoms. The van der Waals surface area contributed by atoms with Gasteiger partial charge in [-0.3, -0.25) is 9.69 Å². The zero-order valence-electron chi connectivity index (χ0n) is 12.6. The highest BCUT2D eigenvalue weighted by molar-refractivity contribution is 9.10. The molecule has 1 saturated heterocycles. The first kappa shape index (κ1) is 17.0. The SMILES string of the molecule is NS(=O)(=O)CC1CC(=O)N(c2nccc(-c3ccc(Br)cc3)n2)C1. The Morgan fingerprint density at radius 1 is 1.25 bits per heavy atom. The lowest BCUT2D eigenvalue weighted by Crippen LogP contribution is -2.28. The molecule has 1 aliphatic heterocycles. The predicted octanol–water partition coefficient (Wildman–Crippen LogP) is 1.55. The third-order valence-corrected chi connectivity index (χ3v) is 5.16. The fourth-order valence-electron chi connectivity index (χ4n) is 2.67. The number of aromatic nitrogens is 2. The summed E-state index contributed by atoms with van der Waals surface area (Å²) in [7, 11) is -3.62. The van der Waals surface area contributed by atoms with Crippen molar-refractivity contribution in [2.75, 3.05) is 17.2 Å². The van der Waals surface area contributed by atoms with E-state index in [0.717, 1.165) is 10.0 Å². The summed E-state index contributed by atoms with van der Waals surface area (Å²) in [5, 5.41) is 5.06. The molecule has 2 heterocycles. The minimum absolute atomic E-state index is 0.127. The quantitative estimate of drug-likeness (QED) is 0.822. The van der Waals surface area contributed by atoms with Crippen LogP contribution in [0.15, 0.2) is 41.0 Å². The molecule has 9 heteroatoms. The van der Waals surface area contributed by atoms with E-state index in [4.69, 9.17) is 5.14 Å². The van der Waals surface area contributed by atoms with Crippen LogP contribution in [-0.2, 0) is 14.8 Å². The first-order valence-corrected chi connectivity index (χ1v) is 9.72. The predicted molar refractivity (Wildman–Crippen MR) is 93.6 cm³/mol. The first-order valence-electron chi connectivity index (χ1n) is 7.21. The van der Waals surface area contributed by atoms with Crippen molar-refractivity contribution >= 4 is 37.8 Å². The maximum Gasteiger partial charge on any atom is 0.232 e. The molecule has 2 aromatic rings. The van der Waals surface area contributed by atoms with Gasteiger partial charge in [0.2, 0.25) is 21.9 Å². The van der Waals surface area contributed by atoms with Crippen LogP contribution in [0.4, 0.5) is 5.95 Å². The Morgan fingerprint density at radius 3 is 2.62 bits per heavy atom. The summed E-state index contributed by atoms with van der Waals surface area (Å²) in [6.45, 7) is 0.249. The molecule has 0 aliphatic carbocycles. The summed E-state index contributed by atoms with van der Waals surface area (Å²) >= 11 is 3.38. The Kier molecular flexibility index (Phi) is 4.66. The highest BCUT2D eigenvalue weighted by atomic mass is 79.9. The van der Waals surface area contributed by atoms with E-state index in [2.05, 4.69) is 25.9 Å². The fraction of sp³-hybridized carbons (Fsp3) is 0.267. The Hall–Kier alpha value is -1.84. The number of primary sulfonamides is 1. The minimum Gasteiger partial charge on any atom is -0.280 e. The molecule has 1 amide bonds. The highest BCUT2D eigenvalue weighted by Gasteiger charge is 2.34. The number of carbonyl (C=O) groups excluding carboxylic acids is 1. The molecule has 1 fully saturated rings. The van der Waals surface area contributed by atoms with E-state index in [1.54, 1.807) is 12.3 Å². The summed E-state index contributed by atoms with van der Waals surface area (Å²) in [5.74, 6) is -0.483. The van der Waals surface area contributed by atoms with E-state index in [9.17, 15) is 13.2 Å². The van der Waals surface area contributed by atoms with Gasteiger partial charge in [0.05, 0.1) is 11.4 Å². The molecule has 1 aromatic carbocycles. The molecule has 2 N–H and O–H groups in total. The number of halogens is 1. The van der Waals surface area contributed by atoms with E-state index in [0.29, 0.717) is 5.69 Å². The van der Waals surface area contributed by atoms with Crippen molar-refractivity contribution in [3.05, 3.63) is 41.0 Å². The Labute approximate surface area is 148 Å². The van der Waals surface area contributed by atoms with Gasteiger partial charge in [-0.2, -0.15) is 0 Å². The number of amides is 1. The lowest BCUT2D eigenvalue weighted by Gasteiger charge is -2.15. The number of carbonyl (C=O) groups is 1. The normalized spacial score (nSPS) is 18.2. The molecule has 3 rings (SSSR count). The molecule has 24 heavy (non-hydrogen) atoms. The zero-order valence-corrected chi connectivity index (χ0v) is 15.0. The molecule has 0 saturated carbocycles. The second kappa shape index (κ2) is 6.58. The fourth-order valence-corrected chi connectivity index (χ4v) is 3.82. The van der Waals surface area contributed by atoms with E-state index in [-0.39, 0.29) is 36.5 Å². The van der Waals surface area contributed by atoms with Crippen LogP contribution in [-0.4, -0.2) is 36.6 Å². The second-order valence-corrected chi connectivity index (χ2v) is 8.23. The van der Waals surface area contributed by atoms with Crippen molar-refractivity contribution in [2.24, 2.45) is 11.1 Å². The van der Waals surface area contributed by atoms with Crippen molar-refractivity contribution in [3.63, 3.8) is 0 Å². The molecular weight excluding hydrogens is 396 g/mol. The zero-order chi connectivity index (χ0) is 17.3. The Balaban J connectivity index is 1.84. The number of benzene rings is 1. The first-order chi connectivity index (χ1) is 11.3. The van der Waals surface area contributed by atoms with Gasteiger partial charge in [0.25, 0.3) is 0 Å². The van der Waals surface area contributed by atoms with Crippen molar-refractivity contribution in [2.45, 2.75) is 6.42 Å². The van der Waals surface area contributed by atoms with Gasteiger partial charge in [-0.05, 0) is 18.2 Å². The number of anilines is 1. The van der Waals surface area contributed by atoms with Crippen molar-refractivity contribution < 1.29 is 13.2 Å². The van der Waals surface area contributed by atoms with Crippen LogP contribution < -0.4 is 10.0 Å². The third-order valence-electron chi connectivity index (χ3n) is 3.70. The van der Waals surface area contributed by atoms with Crippen LogP contribution in [0.25, 0.3) is 11.3 Å². The van der Waals surface area contributed by atoms with Crippen LogP contribution >= 0.6 is 15.9 Å². The van der Waals surface area contributed by atoms with Gasteiger partial charge in [-0.1, -0.05) is 28.1 Å². The van der Waals surface area contributed by atoms with Crippen molar-refractivity contribution in [1.82, 2.24) is 9.97 Å². The lowest BCUT2D eigenvalue weighted by molar-refractivity contribution is -0.117. The second-order valence-electron chi connectivity index (χ2n) is 5.65. The number of nitrogens with zero attached hydrogens (tertiary/aromatic N) is 3. The van der Waals surface area contributed by atoms with Crippen LogP contribution in [0, 0.1) is 5.92 Å². The average molecular weight is 411 g/mol. The molecule has 1 atom stereocenters. The smallest absolute Gasteiger partial charge is 0.232 e. The summed E-state index contributed by atoms with van der Waals surface area (Å²) in [4.78, 5) is 22.2. The number of rotatable bonds is 4. The number of nitrogens with two attached hydrogens (primary N) is 1. The molecule has 7 nitrogen and oxygen atoms in total. The Morgan fingerprint density at radius 2 is 1.96 bits per heavy atom. The van der Waals surface area contributed by atoms with E-state index in [1.807, 2.05) is 24.3 Å². The molecule has 1 aliphatic rings. The summed E-state index contributed by atoms with van der Waals surface area (Å²) in [6, 6.07) is 9.38. The van der Waals surface area contributed by atoms with E-state index in [1.165, 1.54) is 4.90 Å². The van der Waals surface area contributed by atoms with Gasteiger partial charge in [0.15, 0.2) is 0 Å². The van der Waals surface area contributed by atoms with Gasteiger partial charge < -0.3 is 0 Å². The van der Waals surface area contributed by atoms with Gasteiger partial charge in [0, 0.05) is 35.1 Å². The van der Waals surface area contributed by atoms with Gasteiger partial charge in [-0.25, -0.2) is 23.5 Å². The van der Waals surface area contributed by atoms with E-state index >= 15 is 0 Å². The number of hydrogen-bond donors (Lipinski definition) is 1. The minimum atomic E-state index is -3.62. The van der Waals surface area contributed by atoms with Gasteiger partial charge in [0.1, 0.15) is 0 Å². The molecular formula is C15H15BrN4O3S. The largest absolute Gasteiger partial charge is 0.280 e. The number of hydrogen-bond acceptors (Lipinski definition) is 5. The van der Waals surface area contributed by atoms with Gasteiger partial charge in [-0.15, -0.1) is 0 Å². The summed E-state index contributed by atoms with van der Waals surface area (Å²) in [6.07, 6.45) is 1.71. The Bertz CT molecular complexity index is 871. The standard InChI is InChI=1S/C15H15BrN4O3S/c16-12-3-1-11(2-4-12)13-5-6-18-15(19-13)20-8-10(7-14(20)21)9-24(17,22)23/h1-6,10H,7-9H2,(H2,17,22,23). The van der Waals surface area contributed by atoms with Crippen LogP contribution in [0.5, 0.6) is 0 Å². The summed E-state index contributed by atoms with van der Waals surface area (Å²) < 4.78 is 23.4. The van der Waals surface area contributed by atoms with Gasteiger partial charge >= 0.3 is 0 Å². The summed E-state index contributed by atoms with van der Waals surface area (Å²) in [5.41, 5.74) is 1.59. The lowest BCUT2D eigenvalue weighted by atomic mass is 10.1. The highest BCUT2D eigenvalue weighted by Crippen LogP contribution is 2.25. The molecule has 126 valence electrons. The van der Waals surface area contributed by atoms with Crippen LogP contribution in [0.1, 0.15) is 6.42 Å².